The molecule has 1 aromatic carbocycles. The summed E-state index contributed by atoms with van der Waals surface area (Å²) in [5.41, 5.74) is 1.06. The maximum Gasteiger partial charge on any atom is 0.225 e. The molecule has 1 heterocycles. The molecule has 1 unspecified atom stereocenters. The first-order valence-corrected chi connectivity index (χ1v) is 7.25. The van der Waals surface area contributed by atoms with Crippen molar-refractivity contribution in [3.05, 3.63) is 23.8 Å². The molecule has 1 aliphatic rings. The second-order valence-corrected chi connectivity index (χ2v) is 5.36. The molecule has 1 atom stereocenters. The average Bonchev–Trinajstić information content (AvgIpc) is 2.46. The van der Waals surface area contributed by atoms with E-state index < -0.39 is 0 Å². The Balaban J connectivity index is 2.00. The molecule has 0 aromatic heterocycles. The number of carbonyl (C=O) groups excluding carboxylic acids is 1. The van der Waals surface area contributed by atoms with E-state index in [0.717, 1.165) is 29.9 Å². The molecule has 0 spiro atoms. The van der Waals surface area contributed by atoms with Crippen molar-refractivity contribution in [3.63, 3.8) is 0 Å². The third-order valence-corrected chi connectivity index (χ3v) is 3.55. The molecule has 20 heavy (non-hydrogen) atoms. The van der Waals surface area contributed by atoms with Gasteiger partial charge in [0.05, 0.1) is 0 Å². The minimum atomic E-state index is 0.0854. The summed E-state index contributed by atoms with van der Waals surface area (Å²) in [6.07, 6.45) is 1.97. The van der Waals surface area contributed by atoms with Gasteiger partial charge in [0.25, 0.3) is 0 Å². The van der Waals surface area contributed by atoms with E-state index in [1.54, 1.807) is 4.90 Å². The first-order chi connectivity index (χ1) is 9.61. The Hall–Kier alpha value is -1.71. The summed E-state index contributed by atoms with van der Waals surface area (Å²) in [4.78, 5) is 14.0. The predicted molar refractivity (Wildman–Crippen MR) is 78.0 cm³/mol. The van der Waals surface area contributed by atoms with Crippen molar-refractivity contribution in [2.45, 2.75) is 33.2 Å². The molecule has 110 valence electrons. The maximum atomic E-state index is 12.2. The van der Waals surface area contributed by atoms with Crippen LogP contribution in [-0.2, 0) is 11.3 Å². The molecular formula is C16H23NO3. The maximum absolute atomic E-state index is 12.2. The average molecular weight is 277 g/mol. The van der Waals surface area contributed by atoms with Crippen LogP contribution in [0.25, 0.3) is 0 Å². The highest BCUT2D eigenvalue weighted by atomic mass is 16.6. The largest absolute Gasteiger partial charge is 0.486 e. The highest BCUT2D eigenvalue weighted by Crippen LogP contribution is 2.31. The van der Waals surface area contributed by atoms with Crippen molar-refractivity contribution >= 4 is 5.91 Å². The monoisotopic (exact) mass is 277 g/mol. The molecule has 4 heteroatoms. The lowest BCUT2D eigenvalue weighted by molar-refractivity contribution is -0.134. The van der Waals surface area contributed by atoms with Crippen LogP contribution in [0.2, 0.25) is 0 Å². The number of carbonyl (C=O) groups is 1. The van der Waals surface area contributed by atoms with Gasteiger partial charge in [0.15, 0.2) is 11.5 Å². The molecule has 4 nitrogen and oxygen atoms in total. The molecule has 1 aliphatic heterocycles. The van der Waals surface area contributed by atoms with Gasteiger partial charge in [-0.15, -0.1) is 0 Å². The molecule has 2 rings (SSSR count). The van der Waals surface area contributed by atoms with E-state index in [0.29, 0.717) is 19.8 Å². The van der Waals surface area contributed by atoms with Crippen molar-refractivity contribution in [1.29, 1.82) is 0 Å². The summed E-state index contributed by atoms with van der Waals surface area (Å²) in [5, 5.41) is 0. The van der Waals surface area contributed by atoms with E-state index in [1.165, 1.54) is 0 Å². The smallest absolute Gasteiger partial charge is 0.225 e. The first-order valence-electron chi connectivity index (χ1n) is 7.25. The van der Waals surface area contributed by atoms with Crippen molar-refractivity contribution in [2.24, 2.45) is 5.92 Å². The van der Waals surface area contributed by atoms with Gasteiger partial charge < -0.3 is 14.4 Å². The normalized spacial score (nSPS) is 14.8. The summed E-state index contributed by atoms with van der Waals surface area (Å²) in [6.45, 7) is 5.87. The molecule has 1 amide bonds. The Morgan fingerprint density at radius 2 is 2.00 bits per heavy atom. The van der Waals surface area contributed by atoms with Crippen LogP contribution in [0.1, 0.15) is 32.3 Å². The topological polar surface area (TPSA) is 38.8 Å². The summed E-state index contributed by atoms with van der Waals surface area (Å²) >= 11 is 0. The molecule has 0 bridgehead atoms. The Labute approximate surface area is 120 Å². The van der Waals surface area contributed by atoms with Gasteiger partial charge >= 0.3 is 0 Å². The second kappa shape index (κ2) is 6.64. The van der Waals surface area contributed by atoms with E-state index in [-0.39, 0.29) is 11.8 Å². The Morgan fingerprint density at radius 3 is 2.70 bits per heavy atom. The van der Waals surface area contributed by atoms with Crippen LogP contribution in [0.15, 0.2) is 18.2 Å². The minimum Gasteiger partial charge on any atom is -0.486 e. The van der Waals surface area contributed by atoms with Gasteiger partial charge in [-0.05, 0) is 24.1 Å². The third kappa shape index (κ3) is 3.44. The molecule has 1 aromatic rings. The Kier molecular flexibility index (Phi) is 4.88. The molecule has 0 saturated heterocycles. The fourth-order valence-corrected chi connectivity index (χ4v) is 2.47. The van der Waals surface area contributed by atoms with E-state index >= 15 is 0 Å². The fourth-order valence-electron chi connectivity index (χ4n) is 2.47. The summed E-state index contributed by atoms with van der Waals surface area (Å²) < 4.78 is 11.1. The highest BCUT2D eigenvalue weighted by Gasteiger charge is 2.18. The number of hydrogen-bond acceptors (Lipinski definition) is 3. The van der Waals surface area contributed by atoms with Crippen LogP contribution >= 0.6 is 0 Å². The Bertz CT molecular complexity index is 473. The van der Waals surface area contributed by atoms with E-state index in [1.807, 2.05) is 32.2 Å². The number of nitrogens with zero attached hydrogens (tertiary/aromatic N) is 1. The molecule has 0 aliphatic carbocycles. The quantitative estimate of drug-likeness (QED) is 0.830. The first kappa shape index (κ1) is 14.7. The van der Waals surface area contributed by atoms with Crippen LogP contribution < -0.4 is 9.47 Å². The number of amides is 1. The number of benzene rings is 1. The molecular weight excluding hydrogens is 254 g/mol. The summed E-state index contributed by atoms with van der Waals surface area (Å²) in [5.74, 6) is 1.84. The van der Waals surface area contributed by atoms with Crippen LogP contribution in [-0.4, -0.2) is 31.1 Å². The summed E-state index contributed by atoms with van der Waals surface area (Å²) in [7, 11) is 1.85. The van der Waals surface area contributed by atoms with Gasteiger partial charge in [-0.25, -0.2) is 0 Å². The van der Waals surface area contributed by atoms with Gasteiger partial charge in [-0.2, -0.15) is 0 Å². The van der Waals surface area contributed by atoms with Crippen molar-refractivity contribution in [1.82, 2.24) is 4.90 Å². The standard InChI is InChI=1S/C16H23NO3/c1-4-5-12(2)16(18)17(3)11-13-6-7-14-15(10-13)20-9-8-19-14/h6-7,10,12H,4-5,8-9,11H2,1-3H3. The Morgan fingerprint density at radius 1 is 1.30 bits per heavy atom. The predicted octanol–water partition coefficient (Wildman–Crippen LogP) is 2.85. The molecule has 0 N–H and O–H groups in total. The van der Waals surface area contributed by atoms with Gasteiger partial charge in [-0.1, -0.05) is 26.3 Å². The van der Waals surface area contributed by atoms with E-state index in [2.05, 4.69) is 6.92 Å². The zero-order valence-electron chi connectivity index (χ0n) is 12.5. The third-order valence-electron chi connectivity index (χ3n) is 3.55. The number of rotatable bonds is 5. The van der Waals surface area contributed by atoms with Crippen molar-refractivity contribution < 1.29 is 14.3 Å². The molecule has 0 fully saturated rings. The lowest BCUT2D eigenvalue weighted by Crippen LogP contribution is -2.31. The summed E-state index contributed by atoms with van der Waals surface area (Å²) in [6, 6.07) is 5.86. The minimum absolute atomic E-state index is 0.0854. The number of hydrogen-bond donors (Lipinski definition) is 0. The van der Waals surface area contributed by atoms with Crippen LogP contribution in [0.3, 0.4) is 0 Å². The number of fused-ring (bicyclic) bond motifs is 1. The van der Waals surface area contributed by atoms with Crippen LogP contribution in [0.5, 0.6) is 11.5 Å². The van der Waals surface area contributed by atoms with Gasteiger partial charge in [0, 0.05) is 19.5 Å². The molecule has 0 saturated carbocycles. The van der Waals surface area contributed by atoms with Crippen LogP contribution in [0.4, 0.5) is 0 Å². The van der Waals surface area contributed by atoms with Gasteiger partial charge in [0.2, 0.25) is 5.91 Å². The zero-order valence-corrected chi connectivity index (χ0v) is 12.5. The molecule has 0 radical (unpaired) electrons. The SMILES string of the molecule is CCCC(C)C(=O)N(C)Cc1ccc2c(c1)OCCO2. The van der Waals surface area contributed by atoms with Crippen molar-refractivity contribution in [3.8, 4) is 11.5 Å². The lowest BCUT2D eigenvalue weighted by atomic mass is 10.0. The van der Waals surface area contributed by atoms with E-state index in [4.69, 9.17) is 9.47 Å². The highest BCUT2D eigenvalue weighted by molar-refractivity contribution is 5.78. The number of ether oxygens (including phenoxy) is 2. The van der Waals surface area contributed by atoms with E-state index in [9.17, 15) is 4.79 Å². The van der Waals surface area contributed by atoms with Gasteiger partial charge in [-0.3, -0.25) is 4.79 Å². The van der Waals surface area contributed by atoms with Gasteiger partial charge in [0.1, 0.15) is 13.2 Å². The fraction of sp³-hybridized carbons (Fsp3) is 0.562. The van der Waals surface area contributed by atoms with Crippen LogP contribution in [0, 0.1) is 5.92 Å². The zero-order chi connectivity index (χ0) is 14.5. The van der Waals surface area contributed by atoms with Crippen molar-refractivity contribution in [2.75, 3.05) is 20.3 Å². The lowest BCUT2D eigenvalue weighted by Gasteiger charge is -2.23. The second-order valence-electron chi connectivity index (χ2n) is 5.36.